The summed E-state index contributed by atoms with van der Waals surface area (Å²) in [5, 5.41) is 2.72. The number of aryl methyl sites for hydroxylation is 1. The molecule has 2 aromatic rings. The highest BCUT2D eigenvalue weighted by Gasteiger charge is 2.22. The number of nitrogens with zero attached hydrogens (tertiary/aromatic N) is 2. The van der Waals surface area contributed by atoms with Crippen molar-refractivity contribution in [3.8, 4) is 0 Å². The second-order valence-corrected chi connectivity index (χ2v) is 9.44. The van der Waals surface area contributed by atoms with Crippen LogP contribution in [0.25, 0.3) is 0 Å². The van der Waals surface area contributed by atoms with Crippen molar-refractivity contribution in [2.24, 2.45) is 11.4 Å². The molecule has 27 heavy (non-hydrogen) atoms. The highest BCUT2D eigenvalue weighted by Crippen LogP contribution is 2.31. The third-order valence-corrected chi connectivity index (χ3v) is 7.29. The van der Waals surface area contributed by atoms with E-state index in [1.54, 1.807) is 33.2 Å². The van der Waals surface area contributed by atoms with Gasteiger partial charge < -0.3 is 9.84 Å². The first-order valence-electron chi connectivity index (χ1n) is 8.99. The topological polar surface area (TPSA) is 93.5 Å². The maximum Gasteiger partial charge on any atom is 0.277 e. The van der Waals surface area contributed by atoms with Gasteiger partial charge in [0.1, 0.15) is 5.56 Å². The van der Waals surface area contributed by atoms with E-state index in [1.165, 1.54) is 10.9 Å². The van der Waals surface area contributed by atoms with Crippen molar-refractivity contribution in [3.63, 3.8) is 0 Å². The zero-order valence-corrected chi connectivity index (χ0v) is 16.7. The quantitative estimate of drug-likeness (QED) is 0.793. The van der Waals surface area contributed by atoms with Gasteiger partial charge in [0.15, 0.2) is 0 Å². The number of ketones is 1. The van der Waals surface area contributed by atoms with Gasteiger partial charge in [-0.05, 0) is 25.3 Å². The number of ether oxygens (including phenoxy) is 1. The van der Waals surface area contributed by atoms with Gasteiger partial charge in [0.2, 0.25) is 5.78 Å². The first kappa shape index (κ1) is 19.6. The summed E-state index contributed by atoms with van der Waals surface area (Å²) < 4.78 is 24.3. The van der Waals surface area contributed by atoms with Crippen molar-refractivity contribution >= 4 is 21.2 Å². The lowest BCUT2D eigenvalue weighted by Crippen LogP contribution is -2.20. The highest BCUT2D eigenvalue weighted by atomic mass is 32.2. The van der Waals surface area contributed by atoms with Crippen molar-refractivity contribution < 1.29 is 13.7 Å². The molecular formula is C19H25N3O4S. The van der Waals surface area contributed by atoms with E-state index in [-0.39, 0.29) is 16.9 Å². The third-order valence-electron chi connectivity index (χ3n) is 4.93. The Labute approximate surface area is 158 Å². The summed E-state index contributed by atoms with van der Waals surface area (Å²) in [6, 6.07) is 3.45. The smallest absolute Gasteiger partial charge is 0.277 e. The molecule has 0 unspecified atom stereocenters. The molecule has 1 fully saturated rings. The third kappa shape index (κ3) is 3.91. The van der Waals surface area contributed by atoms with Crippen LogP contribution in [0, 0.1) is 6.92 Å². The monoisotopic (exact) mass is 391 g/mol. The minimum absolute atomic E-state index is 0.0768. The van der Waals surface area contributed by atoms with Gasteiger partial charge in [-0.2, -0.15) is 4.36 Å². The molecule has 1 saturated heterocycles. The van der Waals surface area contributed by atoms with Crippen LogP contribution in [0.15, 0.2) is 27.5 Å². The van der Waals surface area contributed by atoms with Crippen LogP contribution in [0.1, 0.15) is 46.3 Å². The Bertz CT molecular complexity index is 1030. The summed E-state index contributed by atoms with van der Waals surface area (Å²) in [4.78, 5) is 25.1. The first-order valence-corrected chi connectivity index (χ1v) is 10.8. The van der Waals surface area contributed by atoms with Crippen molar-refractivity contribution in [1.82, 2.24) is 9.78 Å². The molecule has 1 aromatic heterocycles. The van der Waals surface area contributed by atoms with Crippen LogP contribution < -0.4 is 5.56 Å². The highest BCUT2D eigenvalue weighted by molar-refractivity contribution is 7.93. The Morgan fingerprint density at radius 2 is 1.96 bits per heavy atom. The predicted molar refractivity (Wildman–Crippen MR) is 105 cm³/mol. The number of carbonyl (C=O) groups excluding carboxylic acids is 1. The average molecular weight is 391 g/mol. The number of nitrogens with one attached hydrogen (secondary N) is 1. The number of carbonyl (C=O) groups is 1. The number of aromatic amines is 1. The molecule has 0 aliphatic carbocycles. The lowest BCUT2D eigenvalue weighted by molar-refractivity contribution is 0.103. The number of rotatable bonds is 5. The normalized spacial score (nSPS) is 16.3. The fraction of sp³-hybridized carbons (Fsp3) is 0.474. The molecule has 0 bridgehead atoms. The first-order chi connectivity index (χ1) is 12.9. The SMILES string of the molecule is COCc1ccc(C(=O)c2c[nH]n(C)c2=O)c(C)c1N=S1(=O)CCCCC1. The fourth-order valence-corrected chi connectivity index (χ4v) is 5.65. The van der Waals surface area contributed by atoms with Gasteiger partial charge in [-0.3, -0.25) is 14.3 Å². The molecule has 3 rings (SSSR count). The van der Waals surface area contributed by atoms with Crippen molar-refractivity contribution in [1.29, 1.82) is 0 Å². The van der Waals surface area contributed by atoms with Gasteiger partial charge in [0, 0.05) is 43.0 Å². The maximum atomic E-state index is 13.1. The van der Waals surface area contributed by atoms with Gasteiger partial charge in [-0.15, -0.1) is 0 Å². The number of methoxy groups -OCH3 is 1. The molecule has 7 nitrogen and oxygen atoms in total. The lowest BCUT2D eigenvalue weighted by atomic mass is 9.97. The molecule has 1 aromatic carbocycles. The van der Waals surface area contributed by atoms with Gasteiger partial charge >= 0.3 is 0 Å². The van der Waals surface area contributed by atoms with E-state index >= 15 is 0 Å². The number of hydrogen-bond donors (Lipinski definition) is 1. The van der Waals surface area contributed by atoms with Crippen molar-refractivity contribution in [3.05, 3.63) is 50.9 Å². The van der Waals surface area contributed by atoms with Crippen molar-refractivity contribution in [2.75, 3.05) is 18.6 Å². The Balaban J connectivity index is 2.14. The molecule has 0 saturated carbocycles. The Morgan fingerprint density at radius 3 is 2.56 bits per heavy atom. The standard InChI is InChI=1S/C19H25N3O4S/c1-13-15(18(23)16-11-20-22(2)19(16)24)8-7-14(12-26-3)17(13)21-27(25)9-5-4-6-10-27/h7-8,11,20H,4-6,9-10,12H2,1-3H3. The zero-order valence-electron chi connectivity index (χ0n) is 15.9. The molecule has 0 amide bonds. The number of hydrogen-bond acceptors (Lipinski definition) is 5. The summed E-state index contributed by atoms with van der Waals surface area (Å²) in [7, 11) is 0.811. The average Bonchev–Trinajstić information content (AvgIpc) is 2.97. The van der Waals surface area contributed by atoms with E-state index in [0.29, 0.717) is 34.9 Å². The number of aromatic nitrogens is 2. The van der Waals surface area contributed by atoms with Gasteiger partial charge in [-0.1, -0.05) is 18.6 Å². The van der Waals surface area contributed by atoms with E-state index in [9.17, 15) is 13.8 Å². The van der Waals surface area contributed by atoms with E-state index in [1.807, 2.05) is 0 Å². The van der Waals surface area contributed by atoms with E-state index < -0.39 is 9.73 Å². The van der Waals surface area contributed by atoms with Gasteiger partial charge in [0.05, 0.1) is 22.0 Å². The second-order valence-electron chi connectivity index (χ2n) is 6.89. The van der Waals surface area contributed by atoms with Crippen LogP contribution in [0.4, 0.5) is 5.69 Å². The van der Waals surface area contributed by atoms with E-state index in [4.69, 9.17) is 4.74 Å². The van der Waals surface area contributed by atoms with E-state index in [2.05, 4.69) is 9.46 Å². The summed E-state index contributed by atoms with van der Waals surface area (Å²) in [5.41, 5.74) is 2.07. The van der Waals surface area contributed by atoms with Crippen LogP contribution >= 0.6 is 0 Å². The summed E-state index contributed by atoms with van der Waals surface area (Å²) in [5.74, 6) is 0.790. The molecule has 0 atom stereocenters. The van der Waals surface area contributed by atoms with Crippen LogP contribution in [-0.2, 0) is 28.1 Å². The molecule has 2 heterocycles. The number of benzene rings is 1. The summed E-state index contributed by atoms with van der Waals surface area (Å²) >= 11 is 0. The maximum absolute atomic E-state index is 13.1. The molecule has 1 aliphatic heterocycles. The van der Waals surface area contributed by atoms with E-state index in [0.717, 1.165) is 24.8 Å². The molecule has 1 N–H and O–H groups in total. The van der Waals surface area contributed by atoms with Crippen LogP contribution in [0.5, 0.6) is 0 Å². The molecule has 0 spiro atoms. The predicted octanol–water partition coefficient (Wildman–Crippen LogP) is 2.68. The van der Waals surface area contributed by atoms with Gasteiger partial charge in [-0.25, -0.2) is 4.21 Å². The van der Waals surface area contributed by atoms with Crippen LogP contribution in [-0.4, -0.2) is 38.4 Å². The second kappa shape index (κ2) is 7.82. The Kier molecular flexibility index (Phi) is 5.67. The minimum Gasteiger partial charge on any atom is -0.380 e. The fourth-order valence-electron chi connectivity index (χ4n) is 3.36. The van der Waals surface area contributed by atoms with Crippen molar-refractivity contribution in [2.45, 2.75) is 32.8 Å². The Hall–Kier alpha value is -2.19. The number of H-pyrrole nitrogens is 1. The summed E-state index contributed by atoms with van der Waals surface area (Å²) in [6.45, 7) is 2.10. The largest absolute Gasteiger partial charge is 0.380 e. The van der Waals surface area contributed by atoms with Crippen LogP contribution in [0.3, 0.4) is 0 Å². The molecule has 1 aliphatic rings. The summed E-state index contributed by atoms with van der Waals surface area (Å²) in [6.07, 6.45) is 4.29. The van der Waals surface area contributed by atoms with Crippen LogP contribution in [0.2, 0.25) is 0 Å². The zero-order chi connectivity index (χ0) is 19.6. The molecule has 146 valence electrons. The minimum atomic E-state index is -2.33. The lowest BCUT2D eigenvalue weighted by Gasteiger charge is -2.18. The molecular weight excluding hydrogens is 366 g/mol. The van der Waals surface area contributed by atoms with Gasteiger partial charge in [0.25, 0.3) is 5.56 Å². The Morgan fingerprint density at radius 1 is 1.26 bits per heavy atom. The molecule has 8 heteroatoms. The molecule has 0 radical (unpaired) electrons.